The van der Waals surface area contributed by atoms with E-state index in [1.165, 1.54) is 12.1 Å². The largest absolute Gasteiger partial charge is 0.519 e. The van der Waals surface area contributed by atoms with E-state index in [0.717, 1.165) is 13.1 Å². The number of halogens is 5. The van der Waals surface area contributed by atoms with Gasteiger partial charge < -0.3 is 9.47 Å². The number of alkyl halides is 3. The van der Waals surface area contributed by atoms with E-state index < -0.39 is 51.6 Å². The molecule has 0 bridgehead atoms. The van der Waals surface area contributed by atoms with E-state index in [0.29, 0.717) is 6.07 Å². The standard InChI is InChI=1S/C19H11ClF4N2O5/c1-25-15(19(22,23)24)9-16(27)26(17(25)28)13-8-14(11(20)7-12(13)21)31-18(29)30-10-5-3-2-4-6-10/h2-9H,1H3. The zero-order valence-corrected chi connectivity index (χ0v) is 16.2. The second-order valence-corrected chi connectivity index (χ2v) is 6.45. The van der Waals surface area contributed by atoms with Crippen LogP contribution in [0.3, 0.4) is 0 Å². The monoisotopic (exact) mass is 458 g/mol. The molecule has 31 heavy (non-hydrogen) atoms. The summed E-state index contributed by atoms with van der Waals surface area (Å²) < 4.78 is 63.5. The molecular weight excluding hydrogens is 448 g/mol. The molecule has 1 heterocycles. The molecular formula is C19H11ClF4N2O5. The van der Waals surface area contributed by atoms with Crippen molar-refractivity contribution in [3.8, 4) is 17.2 Å². The molecule has 0 aliphatic heterocycles. The van der Waals surface area contributed by atoms with Crippen LogP contribution in [0.4, 0.5) is 22.4 Å². The molecule has 0 N–H and O–H groups in total. The van der Waals surface area contributed by atoms with E-state index >= 15 is 0 Å². The molecule has 0 radical (unpaired) electrons. The van der Waals surface area contributed by atoms with Gasteiger partial charge in [0.15, 0.2) is 5.75 Å². The van der Waals surface area contributed by atoms with Gasteiger partial charge in [-0.2, -0.15) is 13.2 Å². The van der Waals surface area contributed by atoms with Crippen LogP contribution in [0.5, 0.6) is 11.5 Å². The van der Waals surface area contributed by atoms with E-state index in [4.69, 9.17) is 21.1 Å². The van der Waals surface area contributed by atoms with Gasteiger partial charge in [0.1, 0.15) is 17.3 Å². The average molecular weight is 459 g/mol. The van der Waals surface area contributed by atoms with Gasteiger partial charge in [-0.05, 0) is 18.2 Å². The van der Waals surface area contributed by atoms with Crippen LogP contribution in [0.15, 0.2) is 58.1 Å². The Morgan fingerprint density at radius 1 is 1.03 bits per heavy atom. The summed E-state index contributed by atoms with van der Waals surface area (Å²) in [5.74, 6) is -1.58. The summed E-state index contributed by atoms with van der Waals surface area (Å²) in [4.78, 5) is 36.5. The van der Waals surface area contributed by atoms with Crippen molar-refractivity contribution in [1.29, 1.82) is 0 Å². The fourth-order valence-electron chi connectivity index (χ4n) is 2.58. The molecule has 1 aromatic heterocycles. The van der Waals surface area contributed by atoms with Crippen LogP contribution in [0.2, 0.25) is 5.02 Å². The van der Waals surface area contributed by atoms with Crippen molar-refractivity contribution in [3.63, 3.8) is 0 Å². The number of benzene rings is 2. The fourth-order valence-corrected chi connectivity index (χ4v) is 2.77. The molecule has 0 unspecified atom stereocenters. The Hall–Kier alpha value is -3.60. The molecule has 0 atom stereocenters. The van der Waals surface area contributed by atoms with Crippen molar-refractivity contribution in [2.24, 2.45) is 7.05 Å². The summed E-state index contributed by atoms with van der Waals surface area (Å²) in [6, 6.07) is 9.22. The van der Waals surface area contributed by atoms with Gasteiger partial charge in [-0.1, -0.05) is 29.8 Å². The van der Waals surface area contributed by atoms with Crippen molar-refractivity contribution >= 4 is 17.8 Å². The van der Waals surface area contributed by atoms with Gasteiger partial charge in [-0.15, -0.1) is 0 Å². The van der Waals surface area contributed by atoms with E-state index in [1.54, 1.807) is 18.2 Å². The lowest BCUT2D eigenvalue weighted by Gasteiger charge is -2.15. The summed E-state index contributed by atoms with van der Waals surface area (Å²) in [6.07, 6.45) is -6.25. The molecule has 0 fully saturated rings. The van der Waals surface area contributed by atoms with E-state index in [9.17, 15) is 31.9 Å². The van der Waals surface area contributed by atoms with Crippen LogP contribution >= 0.6 is 11.6 Å². The Morgan fingerprint density at radius 2 is 1.68 bits per heavy atom. The summed E-state index contributed by atoms with van der Waals surface area (Å²) in [6.45, 7) is 0. The highest BCUT2D eigenvalue weighted by Gasteiger charge is 2.35. The lowest BCUT2D eigenvalue weighted by Crippen LogP contribution is -2.41. The van der Waals surface area contributed by atoms with Gasteiger partial charge in [0, 0.05) is 19.2 Å². The van der Waals surface area contributed by atoms with Gasteiger partial charge in [-0.3, -0.25) is 9.36 Å². The molecule has 3 aromatic rings. The van der Waals surface area contributed by atoms with Crippen LogP contribution in [-0.2, 0) is 13.2 Å². The van der Waals surface area contributed by atoms with E-state index in [2.05, 4.69) is 0 Å². The summed E-state index contributed by atoms with van der Waals surface area (Å²) in [5.41, 5.74) is -5.21. The minimum Gasteiger partial charge on any atom is -0.395 e. The number of aromatic nitrogens is 2. The van der Waals surface area contributed by atoms with Crippen molar-refractivity contribution in [2.45, 2.75) is 6.18 Å². The Morgan fingerprint density at radius 3 is 2.29 bits per heavy atom. The quantitative estimate of drug-likeness (QED) is 0.337. The number of carbonyl (C=O) groups excluding carboxylic acids is 1. The Bertz CT molecular complexity index is 1270. The maximum Gasteiger partial charge on any atom is 0.519 e. The third-order valence-corrected chi connectivity index (χ3v) is 4.29. The van der Waals surface area contributed by atoms with Crippen molar-refractivity contribution in [2.75, 3.05) is 0 Å². The van der Waals surface area contributed by atoms with Crippen molar-refractivity contribution in [1.82, 2.24) is 9.13 Å². The third kappa shape index (κ3) is 4.61. The van der Waals surface area contributed by atoms with Gasteiger partial charge >= 0.3 is 18.0 Å². The van der Waals surface area contributed by atoms with Crippen LogP contribution in [-0.4, -0.2) is 15.3 Å². The molecule has 0 spiro atoms. The van der Waals surface area contributed by atoms with E-state index in [-0.39, 0.29) is 21.0 Å². The maximum absolute atomic E-state index is 14.4. The predicted octanol–water partition coefficient (Wildman–Crippen LogP) is 3.93. The minimum absolute atomic E-state index is 0.124. The molecule has 162 valence electrons. The molecule has 0 amide bonds. The van der Waals surface area contributed by atoms with Crippen molar-refractivity contribution in [3.05, 3.63) is 85.9 Å². The molecule has 12 heteroatoms. The van der Waals surface area contributed by atoms with Crippen molar-refractivity contribution < 1.29 is 31.8 Å². The number of para-hydroxylation sites is 1. The molecule has 2 aromatic carbocycles. The highest BCUT2D eigenvalue weighted by atomic mass is 35.5. The summed E-state index contributed by atoms with van der Waals surface area (Å²) in [7, 11) is 0.767. The van der Waals surface area contributed by atoms with Crippen LogP contribution in [0, 0.1) is 5.82 Å². The van der Waals surface area contributed by atoms with Gasteiger partial charge in [-0.25, -0.2) is 18.5 Å². The second-order valence-electron chi connectivity index (χ2n) is 6.04. The van der Waals surface area contributed by atoms with Gasteiger partial charge in [0.25, 0.3) is 5.56 Å². The molecule has 0 aliphatic carbocycles. The first kappa shape index (κ1) is 22.1. The Labute approximate surface area is 175 Å². The van der Waals surface area contributed by atoms with Crippen LogP contribution in [0.25, 0.3) is 5.69 Å². The van der Waals surface area contributed by atoms with Gasteiger partial charge in [0.05, 0.1) is 10.7 Å². The van der Waals surface area contributed by atoms with Crippen LogP contribution < -0.4 is 20.7 Å². The lowest BCUT2D eigenvalue weighted by molar-refractivity contribution is -0.144. The smallest absolute Gasteiger partial charge is 0.395 e. The van der Waals surface area contributed by atoms with Gasteiger partial charge in [0.2, 0.25) is 0 Å². The minimum atomic E-state index is -4.99. The first-order valence-corrected chi connectivity index (χ1v) is 8.71. The molecule has 0 saturated heterocycles. The zero-order chi connectivity index (χ0) is 22.9. The molecule has 0 aliphatic rings. The fraction of sp³-hybridized carbons (Fsp3) is 0.105. The SMILES string of the molecule is Cn1c(C(F)(F)F)cc(=O)n(-c2cc(OC(=O)Oc3ccccc3)c(Cl)cc2F)c1=O. The highest BCUT2D eigenvalue weighted by Crippen LogP contribution is 2.30. The Kier molecular flexibility index (Phi) is 5.89. The molecule has 0 saturated carbocycles. The topological polar surface area (TPSA) is 79.5 Å². The zero-order valence-electron chi connectivity index (χ0n) is 15.4. The number of carbonyl (C=O) groups is 1. The number of rotatable bonds is 3. The molecule has 3 rings (SSSR count). The predicted molar refractivity (Wildman–Crippen MR) is 100 cm³/mol. The molecule has 7 nitrogen and oxygen atoms in total. The first-order chi connectivity index (χ1) is 14.5. The Balaban J connectivity index is 2.04. The number of ether oxygens (including phenoxy) is 2. The average Bonchev–Trinajstić information content (AvgIpc) is 2.68. The van der Waals surface area contributed by atoms with Crippen LogP contribution in [0.1, 0.15) is 5.69 Å². The number of hydrogen-bond donors (Lipinski definition) is 0. The van der Waals surface area contributed by atoms with E-state index in [1.807, 2.05) is 0 Å². The third-order valence-electron chi connectivity index (χ3n) is 3.99. The number of nitrogens with zero attached hydrogens (tertiary/aromatic N) is 2. The first-order valence-electron chi connectivity index (χ1n) is 8.33. The maximum atomic E-state index is 14.4. The summed E-state index contributed by atoms with van der Waals surface area (Å²) in [5, 5.41) is -0.414. The summed E-state index contributed by atoms with van der Waals surface area (Å²) >= 11 is 5.84. The lowest BCUT2D eigenvalue weighted by atomic mass is 10.2. The normalized spacial score (nSPS) is 11.3. The number of hydrogen-bond acceptors (Lipinski definition) is 5. The highest BCUT2D eigenvalue weighted by molar-refractivity contribution is 6.32. The second kappa shape index (κ2) is 8.26.